The number of para-hydroxylation sites is 1. The molecule has 100 valence electrons. The molecule has 1 aromatic rings. The Balaban J connectivity index is 2.92. The summed E-state index contributed by atoms with van der Waals surface area (Å²) in [5.74, 6) is 0.197. The number of ether oxygens (including phenoxy) is 1. The molecule has 0 amide bonds. The summed E-state index contributed by atoms with van der Waals surface area (Å²) >= 11 is 0. The Morgan fingerprint density at radius 3 is 2.61 bits per heavy atom. The van der Waals surface area contributed by atoms with Gasteiger partial charge in [0.1, 0.15) is 6.61 Å². The highest BCUT2D eigenvalue weighted by atomic mass is 16.6. The molecule has 1 N–H and O–H groups in total. The average Bonchev–Trinajstić information content (AvgIpc) is 2.25. The molecule has 1 rings (SSSR count). The Bertz CT molecular complexity index is 441. The van der Waals surface area contributed by atoms with Crippen molar-refractivity contribution in [2.24, 2.45) is 5.92 Å². The Hall–Kier alpha value is -1.62. The number of nitrogens with zero attached hydrogens (tertiary/aromatic N) is 1. The zero-order valence-corrected chi connectivity index (χ0v) is 11.1. The summed E-state index contributed by atoms with van der Waals surface area (Å²) in [7, 11) is 0. The third kappa shape index (κ3) is 3.20. The summed E-state index contributed by atoms with van der Waals surface area (Å²) in [6, 6.07) is 4.90. The third-order valence-electron chi connectivity index (χ3n) is 3.15. The number of benzene rings is 1. The normalized spacial score (nSPS) is 14.3. The number of aliphatic hydroxyl groups is 1. The Morgan fingerprint density at radius 1 is 1.50 bits per heavy atom. The van der Waals surface area contributed by atoms with E-state index in [9.17, 15) is 15.2 Å². The second-order valence-corrected chi connectivity index (χ2v) is 4.98. The van der Waals surface area contributed by atoms with Crippen LogP contribution in [0, 0.1) is 23.0 Å². The van der Waals surface area contributed by atoms with Crippen LogP contribution < -0.4 is 4.74 Å². The molecule has 0 bridgehead atoms. The smallest absolute Gasteiger partial charge is 0.313 e. The van der Waals surface area contributed by atoms with Crippen LogP contribution in [-0.2, 0) is 0 Å². The Kier molecular flexibility index (Phi) is 4.29. The van der Waals surface area contributed by atoms with E-state index in [2.05, 4.69) is 0 Å². The monoisotopic (exact) mass is 253 g/mol. The van der Waals surface area contributed by atoms with Gasteiger partial charge in [0.15, 0.2) is 5.75 Å². The lowest BCUT2D eigenvalue weighted by Crippen LogP contribution is -2.37. The summed E-state index contributed by atoms with van der Waals surface area (Å²) in [4.78, 5) is 10.5. The summed E-state index contributed by atoms with van der Waals surface area (Å²) < 4.78 is 5.41. The number of hydrogen-bond acceptors (Lipinski definition) is 4. The molecule has 0 aliphatic carbocycles. The average molecular weight is 253 g/mol. The quantitative estimate of drug-likeness (QED) is 0.646. The molecular weight excluding hydrogens is 234 g/mol. The molecule has 0 heterocycles. The van der Waals surface area contributed by atoms with Gasteiger partial charge in [-0.15, -0.1) is 0 Å². The summed E-state index contributed by atoms with van der Waals surface area (Å²) in [6.45, 7) is 7.07. The van der Waals surface area contributed by atoms with Crippen LogP contribution in [0.15, 0.2) is 18.2 Å². The van der Waals surface area contributed by atoms with Crippen molar-refractivity contribution in [3.05, 3.63) is 33.9 Å². The summed E-state index contributed by atoms with van der Waals surface area (Å²) in [6.07, 6.45) is 0. The van der Waals surface area contributed by atoms with Crippen molar-refractivity contribution in [1.82, 2.24) is 0 Å². The zero-order valence-electron chi connectivity index (χ0n) is 11.1. The highest BCUT2D eigenvalue weighted by Crippen LogP contribution is 2.31. The van der Waals surface area contributed by atoms with Gasteiger partial charge in [-0.1, -0.05) is 26.0 Å². The van der Waals surface area contributed by atoms with Crippen LogP contribution in [0.3, 0.4) is 0 Å². The molecule has 5 nitrogen and oxygen atoms in total. The number of rotatable bonds is 5. The van der Waals surface area contributed by atoms with Crippen LogP contribution in [-0.4, -0.2) is 22.2 Å². The van der Waals surface area contributed by atoms with Gasteiger partial charge in [0, 0.05) is 5.56 Å². The van der Waals surface area contributed by atoms with Crippen LogP contribution >= 0.6 is 0 Å². The lowest BCUT2D eigenvalue weighted by Gasteiger charge is -2.27. The standard InChI is InChI=1S/C13H19NO4/c1-9(2)13(4,15)8-18-11-7-5-6-10(3)12(11)14(16)17/h5-7,9,15H,8H2,1-4H3. The van der Waals surface area contributed by atoms with Gasteiger partial charge in [-0.25, -0.2) is 0 Å². The molecule has 0 aliphatic heterocycles. The second-order valence-electron chi connectivity index (χ2n) is 4.98. The first-order valence-corrected chi connectivity index (χ1v) is 5.85. The molecule has 0 radical (unpaired) electrons. The van der Waals surface area contributed by atoms with E-state index < -0.39 is 10.5 Å². The zero-order chi connectivity index (χ0) is 13.9. The van der Waals surface area contributed by atoms with Gasteiger partial charge in [-0.2, -0.15) is 0 Å². The van der Waals surface area contributed by atoms with Crippen molar-refractivity contribution in [2.45, 2.75) is 33.3 Å². The number of aryl methyl sites for hydroxylation is 1. The van der Waals surface area contributed by atoms with Crippen molar-refractivity contribution in [2.75, 3.05) is 6.61 Å². The molecule has 0 saturated heterocycles. The van der Waals surface area contributed by atoms with Crippen molar-refractivity contribution in [3.63, 3.8) is 0 Å². The Labute approximate surface area is 107 Å². The maximum atomic E-state index is 11.0. The molecular formula is C13H19NO4. The van der Waals surface area contributed by atoms with Crippen LogP contribution in [0.2, 0.25) is 0 Å². The molecule has 0 saturated carbocycles. The number of nitro benzene ring substituents is 1. The van der Waals surface area contributed by atoms with Gasteiger partial charge < -0.3 is 9.84 Å². The van der Waals surface area contributed by atoms with Crippen LogP contribution in [0.1, 0.15) is 26.3 Å². The maximum absolute atomic E-state index is 11.0. The van der Waals surface area contributed by atoms with E-state index in [-0.39, 0.29) is 24.0 Å². The maximum Gasteiger partial charge on any atom is 0.313 e. The van der Waals surface area contributed by atoms with Gasteiger partial charge in [0.2, 0.25) is 0 Å². The van der Waals surface area contributed by atoms with E-state index in [0.29, 0.717) is 5.56 Å². The third-order valence-corrected chi connectivity index (χ3v) is 3.15. The van der Waals surface area contributed by atoms with E-state index in [1.54, 1.807) is 32.0 Å². The fourth-order valence-electron chi connectivity index (χ4n) is 1.37. The summed E-state index contributed by atoms with van der Waals surface area (Å²) in [5.41, 5.74) is -0.517. The first-order valence-electron chi connectivity index (χ1n) is 5.85. The van der Waals surface area contributed by atoms with Gasteiger partial charge >= 0.3 is 5.69 Å². The molecule has 1 unspecified atom stereocenters. The minimum atomic E-state index is -1.02. The fourth-order valence-corrected chi connectivity index (χ4v) is 1.37. The highest BCUT2D eigenvalue weighted by molar-refractivity contribution is 5.52. The molecule has 5 heteroatoms. The van der Waals surface area contributed by atoms with E-state index in [4.69, 9.17) is 4.74 Å². The minimum absolute atomic E-state index is 0.00126. The van der Waals surface area contributed by atoms with Crippen LogP contribution in [0.25, 0.3) is 0 Å². The molecule has 0 spiro atoms. The van der Waals surface area contributed by atoms with Gasteiger partial charge in [-0.05, 0) is 25.8 Å². The molecule has 18 heavy (non-hydrogen) atoms. The lowest BCUT2D eigenvalue weighted by molar-refractivity contribution is -0.386. The molecule has 0 aromatic heterocycles. The molecule has 1 atom stereocenters. The predicted molar refractivity (Wildman–Crippen MR) is 68.8 cm³/mol. The van der Waals surface area contributed by atoms with E-state index >= 15 is 0 Å². The predicted octanol–water partition coefficient (Wildman–Crippen LogP) is 2.69. The largest absolute Gasteiger partial charge is 0.484 e. The lowest BCUT2D eigenvalue weighted by atomic mass is 9.94. The van der Waals surface area contributed by atoms with Gasteiger partial charge in [-0.3, -0.25) is 10.1 Å². The van der Waals surface area contributed by atoms with Gasteiger partial charge in [0.05, 0.1) is 10.5 Å². The van der Waals surface area contributed by atoms with E-state index in [1.807, 2.05) is 13.8 Å². The van der Waals surface area contributed by atoms with Crippen molar-refractivity contribution >= 4 is 5.69 Å². The van der Waals surface area contributed by atoms with Crippen molar-refractivity contribution in [3.8, 4) is 5.75 Å². The first kappa shape index (κ1) is 14.4. The summed E-state index contributed by atoms with van der Waals surface area (Å²) in [5, 5.41) is 21.0. The Morgan fingerprint density at radius 2 is 2.11 bits per heavy atom. The SMILES string of the molecule is Cc1cccc(OCC(C)(O)C(C)C)c1[N+](=O)[O-]. The van der Waals surface area contributed by atoms with Crippen LogP contribution in [0.4, 0.5) is 5.69 Å². The minimum Gasteiger partial charge on any atom is -0.484 e. The number of hydrogen-bond donors (Lipinski definition) is 1. The topological polar surface area (TPSA) is 72.6 Å². The first-order chi connectivity index (χ1) is 8.25. The fraction of sp³-hybridized carbons (Fsp3) is 0.538. The highest BCUT2D eigenvalue weighted by Gasteiger charge is 2.27. The van der Waals surface area contributed by atoms with Crippen molar-refractivity contribution in [1.29, 1.82) is 0 Å². The second kappa shape index (κ2) is 5.35. The van der Waals surface area contributed by atoms with Crippen molar-refractivity contribution < 1.29 is 14.8 Å². The van der Waals surface area contributed by atoms with Crippen LogP contribution in [0.5, 0.6) is 5.75 Å². The molecule has 0 aliphatic rings. The van der Waals surface area contributed by atoms with E-state index in [0.717, 1.165) is 0 Å². The number of nitro groups is 1. The molecule has 0 fully saturated rings. The van der Waals surface area contributed by atoms with E-state index in [1.165, 1.54) is 0 Å². The molecule has 1 aromatic carbocycles. The van der Waals surface area contributed by atoms with Gasteiger partial charge in [0.25, 0.3) is 0 Å².